The van der Waals surface area contributed by atoms with E-state index in [1.807, 2.05) is 0 Å². The van der Waals surface area contributed by atoms with Gasteiger partial charge >= 0.3 is 0 Å². The minimum Gasteiger partial charge on any atom is -0.315 e. The van der Waals surface area contributed by atoms with Crippen LogP contribution in [-0.4, -0.2) is 18.5 Å². The molecule has 12 heavy (non-hydrogen) atoms. The summed E-state index contributed by atoms with van der Waals surface area (Å²) in [5.41, 5.74) is 0. The van der Waals surface area contributed by atoms with E-state index in [2.05, 4.69) is 19.2 Å². The second kappa shape index (κ2) is 5.08. The van der Waals surface area contributed by atoms with Gasteiger partial charge in [-0.25, -0.2) is 0 Å². The maximum absolute atomic E-state index is 6.14. The molecule has 1 aliphatic rings. The van der Waals surface area contributed by atoms with Gasteiger partial charge in [0, 0.05) is 11.9 Å². The van der Waals surface area contributed by atoms with Gasteiger partial charge in [0.2, 0.25) is 0 Å². The lowest BCUT2D eigenvalue weighted by molar-refractivity contribution is 0.491. The summed E-state index contributed by atoms with van der Waals surface area (Å²) < 4.78 is 0. The molecule has 0 aromatic heterocycles. The van der Waals surface area contributed by atoms with E-state index in [1.165, 1.54) is 19.3 Å². The normalized spacial score (nSPS) is 22.2. The Labute approximate surface area is 80.9 Å². The van der Waals surface area contributed by atoms with Crippen molar-refractivity contribution in [2.75, 3.05) is 13.1 Å². The molecular formula is C10H20ClN. The monoisotopic (exact) mass is 189 g/mol. The van der Waals surface area contributed by atoms with Crippen LogP contribution in [0.3, 0.4) is 0 Å². The molecule has 1 aliphatic carbocycles. The van der Waals surface area contributed by atoms with E-state index in [-0.39, 0.29) is 0 Å². The predicted molar refractivity (Wildman–Crippen MR) is 54.7 cm³/mol. The van der Waals surface area contributed by atoms with Crippen LogP contribution in [0.5, 0.6) is 0 Å². The summed E-state index contributed by atoms with van der Waals surface area (Å²) in [6.45, 7) is 6.61. The summed E-state index contributed by atoms with van der Waals surface area (Å²) in [5.74, 6) is 1.60. The molecule has 2 atom stereocenters. The Morgan fingerprint density at radius 1 is 1.42 bits per heavy atom. The van der Waals surface area contributed by atoms with Gasteiger partial charge in [-0.05, 0) is 31.2 Å². The van der Waals surface area contributed by atoms with Crippen LogP contribution >= 0.6 is 11.6 Å². The lowest BCUT2D eigenvalue weighted by atomic mass is 10.1. The maximum Gasteiger partial charge on any atom is 0.0488 e. The first kappa shape index (κ1) is 10.3. The van der Waals surface area contributed by atoms with E-state index in [0.29, 0.717) is 5.38 Å². The zero-order valence-corrected chi connectivity index (χ0v) is 8.90. The van der Waals surface area contributed by atoms with E-state index >= 15 is 0 Å². The van der Waals surface area contributed by atoms with E-state index in [9.17, 15) is 0 Å². The molecule has 1 N–H and O–H groups in total. The summed E-state index contributed by atoms with van der Waals surface area (Å²) in [5, 5.41) is 3.81. The van der Waals surface area contributed by atoms with Crippen molar-refractivity contribution in [3.05, 3.63) is 0 Å². The first-order valence-corrected chi connectivity index (χ1v) is 5.52. The third-order valence-corrected chi connectivity index (χ3v) is 3.17. The number of halogens is 1. The van der Waals surface area contributed by atoms with Crippen LogP contribution in [-0.2, 0) is 0 Å². The van der Waals surface area contributed by atoms with Crippen molar-refractivity contribution in [3.63, 3.8) is 0 Å². The number of hydrogen-bond acceptors (Lipinski definition) is 1. The first-order valence-electron chi connectivity index (χ1n) is 5.08. The lowest BCUT2D eigenvalue weighted by Gasteiger charge is -2.12. The van der Waals surface area contributed by atoms with Crippen molar-refractivity contribution in [1.29, 1.82) is 0 Å². The summed E-state index contributed by atoms with van der Waals surface area (Å²) in [4.78, 5) is 0. The quantitative estimate of drug-likeness (QED) is 0.634. The number of nitrogens with one attached hydrogen (secondary N) is 1. The Balaban J connectivity index is 1.93. The lowest BCUT2D eigenvalue weighted by Crippen LogP contribution is -2.28. The van der Waals surface area contributed by atoms with Gasteiger partial charge in [0.15, 0.2) is 0 Å². The molecule has 2 unspecified atom stereocenters. The van der Waals surface area contributed by atoms with Gasteiger partial charge in [0.1, 0.15) is 0 Å². The van der Waals surface area contributed by atoms with Crippen LogP contribution in [0.1, 0.15) is 33.1 Å². The summed E-state index contributed by atoms with van der Waals surface area (Å²) in [6.07, 6.45) is 3.95. The molecule has 72 valence electrons. The fourth-order valence-electron chi connectivity index (χ4n) is 1.24. The molecule has 0 bridgehead atoms. The summed E-state index contributed by atoms with van der Waals surface area (Å²) in [6, 6.07) is 0. The molecule has 1 rings (SSSR count). The number of alkyl halides is 1. The molecule has 0 aliphatic heterocycles. The smallest absolute Gasteiger partial charge is 0.0488 e. The summed E-state index contributed by atoms with van der Waals surface area (Å²) >= 11 is 6.14. The topological polar surface area (TPSA) is 12.0 Å². The second-order valence-corrected chi connectivity index (χ2v) is 4.59. The predicted octanol–water partition coefficient (Wildman–Crippen LogP) is 2.64. The first-order chi connectivity index (χ1) is 5.74. The van der Waals surface area contributed by atoms with Gasteiger partial charge in [-0.1, -0.05) is 20.3 Å². The molecule has 2 heteroatoms. The highest BCUT2D eigenvalue weighted by Gasteiger charge is 2.29. The van der Waals surface area contributed by atoms with Gasteiger partial charge < -0.3 is 5.32 Å². The molecule has 0 aromatic rings. The van der Waals surface area contributed by atoms with Gasteiger partial charge in [-0.2, -0.15) is 0 Å². The third kappa shape index (κ3) is 3.77. The Kier molecular flexibility index (Phi) is 4.38. The van der Waals surface area contributed by atoms with Crippen LogP contribution in [0.15, 0.2) is 0 Å². The molecule has 0 aromatic carbocycles. The highest BCUT2D eigenvalue weighted by molar-refractivity contribution is 6.21. The van der Waals surface area contributed by atoms with Crippen LogP contribution in [0.25, 0.3) is 0 Å². The van der Waals surface area contributed by atoms with E-state index in [1.54, 1.807) is 0 Å². The highest BCUT2D eigenvalue weighted by atomic mass is 35.5. The molecule has 1 fully saturated rings. The van der Waals surface area contributed by atoms with Crippen LogP contribution < -0.4 is 5.32 Å². The third-order valence-electron chi connectivity index (χ3n) is 2.66. The zero-order chi connectivity index (χ0) is 8.97. The Morgan fingerprint density at radius 3 is 2.58 bits per heavy atom. The van der Waals surface area contributed by atoms with Crippen LogP contribution in [0.2, 0.25) is 0 Å². The largest absolute Gasteiger partial charge is 0.315 e. The Hall–Kier alpha value is 0.250. The molecule has 0 heterocycles. The fourth-order valence-corrected chi connectivity index (χ4v) is 1.60. The molecule has 0 radical (unpaired) electrons. The molecule has 1 saturated carbocycles. The van der Waals surface area contributed by atoms with Crippen molar-refractivity contribution in [3.8, 4) is 0 Å². The standard InChI is InChI=1S/C10H20ClN/c1-3-8(2)6-12-7-10(11)9-4-5-9/h8-10,12H,3-7H2,1-2H3. The van der Waals surface area contributed by atoms with Crippen molar-refractivity contribution in [2.45, 2.75) is 38.5 Å². The fraction of sp³-hybridized carbons (Fsp3) is 1.00. The Bertz CT molecular complexity index is 123. The Morgan fingerprint density at radius 2 is 2.08 bits per heavy atom. The van der Waals surface area contributed by atoms with Gasteiger partial charge in [0.05, 0.1) is 0 Å². The second-order valence-electron chi connectivity index (χ2n) is 4.03. The zero-order valence-electron chi connectivity index (χ0n) is 8.15. The SMILES string of the molecule is CCC(C)CNCC(Cl)C1CC1. The highest BCUT2D eigenvalue weighted by Crippen LogP contribution is 2.35. The molecular weight excluding hydrogens is 170 g/mol. The molecule has 0 saturated heterocycles. The van der Waals surface area contributed by atoms with Crippen molar-refractivity contribution < 1.29 is 0 Å². The average molecular weight is 190 g/mol. The molecule has 0 spiro atoms. The van der Waals surface area contributed by atoms with Crippen molar-refractivity contribution in [1.82, 2.24) is 5.32 Å². The number of hydrogen-bond donors (Lipinski definition) is 1. The summed E-state index contributed by atoms with van der Waals surface area (Å²) in [7, 11) is 0. The minimum atomic E-state index is 0.383. The van der Waals surface area contributed by atoms with Crippen LogP contribution in [0.4, 0.5) is 0 Å². The molecule has 1 nitrogen and oxygen atoms in total. The minimum absolute atomic E-state index is 0.383. The average Bonchev–Trinajstić information content (AvgIpc) is 2.86. The van der Waals surface area contributed by atoms with Crippen LogP contribution in [0, 0.1) is 11.8 Å². The number of rotatable bonds is 6. The van der Waals surface area contributed by atoms with E-state index in [0.717, 1.165) is 24.9 Å². The maximum atomic E-state index is 6.14. The van der Waals surface area contributed by atoms with Gasteiger partial charge in [0.25, 0.3) is 0 Å². The molecule has 0 amide bonds. The van der Waals surface area contributed by atoms with Gasteiger partial charge in [-0.15, -0.1) is 11.6 Å². The van der Waals surface area contributed by atoms with Gasteiger partial charge in [-0.3, -0.25) is 0 Å². The van der Waals surface area contributed by atoms with E-state index in [4.69, 9.17) is 11.6 Å². The van der Waals surface area contributed by atoms with Crippen molar-refractivity contribution in [2.24, 2.45) is 11.8 Å². The van der Waals surface area contributed by atoms with E-state index < -0.39 is 0 Å². The van der Waals surface area contributed by atoms with Crippen molar-refractivity contribution >= 4 is 11.6 Å².